The van der Waals surface area contributed by atoms with Crippen molar-refractivity contribution in [3.8, 4) is 0 Å². The summed E-state index contributed by atoms with van der Waals surface area (Å²) in [5.74, 6) is -0.119. The molecule has 1 N–H and O–H groups in total. The van der Waals surface area contributed by atoms with Crippen LogP contribution in [0.1, 0.15) is 35.4 Å². The van der Waals surface area contributed by atoms with E-state index in [9.17, 15) is 9.18 Å². The SMILES string of the molecule is Cc1cc(C(=O)NC2CCCN(CCCF)C2)nn1C. The van der Waals surface area contributed by atoms with Gasteiger partial charge in [-0.25, -0.2) is 0 Å². The van der Waals surface area contributed by atoms with Gasteiger partial charge in [-0.3, -0.25) is 13.9 Å². The summed E-state index contributed by atoms with van der Waals surface area (Å²) in [6.45, 7) is 4.21. The molecule has 1 unspecified atom stereocenters. The average molecular weight is 282 g/mol. The van der Waals surface area contributed by atoms with Crippen LogP contribution < -0.4 is 5.32 Å². The van der Waals surface area contributed by atoms with E-state index in [1.54, 1.807) is 10.7 Å². The number of aromatic nitrogens is 2. The van der Waals surface area contributed by atoms with Crippen LogP contribution in [0.5, 0.6) is 0 Å². The van der Waals surface area contributed by atoms with E-state index in [1.807, 2.05) is 14.0 Å². The van der Waals surface area contributed by atoms with Gasteiger partial charge in [0.2, 0.25) is 0 Å². The fraction of sp³-hybridized carbons (Fsp3) is 0.714. The number of hydrogen-bond donors (Lipinski definition) is 1. The fourth-order valence-electron chi connectivity index (χ4n) is 2.59. The zero-order valence-corrected chi connectivity index (χ0v) is 12.2. The van der Waals surface area contributed by atoms with Crippen LogP contribution in [0.3, 0.4) is 0 Å². The van der Waals surface area contributed by atoms with Crippen molar-refractivity contribution < 1.29 is 9.18 Å². The molecule has 1 amide bonds. The summed E-state index contributed by atoms with van der Waals surface area (Å²) in [5, 5.41) is 7.22. The highest BCUT2D eigenvalue weighted by Gasteiger charge is 2.22. The Morgan fingerprint density at radius 2 is 2.40 bits per heavy atom. The number of amides is 1. The molecule has 5 nitrogen and oxygen atoms in total. The van der Waals surface area contributed by atoms with Gasteiger partial charge in [-0.2, -0.15) is 5.10 Å². The molecule has 1 aromatic heterocycles. The maximum atomic E-state index is 12.2. The monoisotopic (exact) mass is 282 g/mol. The van der Waals surface area contributed by atoms with Gasteiger partial charge in [-0.05, 0) is 38.8 Å². The van der Waals surface area contributed by atoms with Gasteiger partial charge in [0, 0.05) is 31.9 Å². The lowest BCUT2D eigenvalue weighted by Crippen LogP contribution is -2.48. The normalized spacial score (nSPS) is 20.1. The predicted octanol–water partition coefficient (Wildman–Crippen LogP) is 1.28. The first-order chi connectivity index (χ1) is 9.60. The summed E-state index contributed by atoms with van der Waals surface area (Å²) in [6, 6.07) is 1.93. The molecule has 1 aliphatic rings. The van der Waals surface area contributed by atoms with Crippen LogP contribution in [-0.2, 0) is 7.05 Å². The second kappa shape index (κ2) is 6.83. The number of carbonyl (C=O) groups is 1. The summed E-state index contributed by atoms with van der Waals surface area (Å²) in [7, 11) is 1.82. The molecule has 1 saturated heterocycles. The summed E-state index contributed by atoms with van der Waals surface area (Å²) < 4.78 is 13.9. The number of halogens is 1. The Morgan fingerprint density at radius 3 is 3.05 bits per heavy atom. The van der Waals surface area contributed by atoms with E-state index < -0.39 is 0 Å². The van der Waals surface area contributed by atoms with Gasteiger partial charge < -0.3 is 10.2 Å². The molecular formula is C14H23FN4O. The van der Waals surface area contributed by atoms with Gasteiger partial charge in [-0.15, -0.1) is 0 Å². The molecule has 0 aliphatic carbocycles. The number of aryl methyl sites for hydroxylation is 2. The van der Waals surface area contributed by atoms with Crippen LogP contribution in [0.25, 0.3) is 0 Å². The van der Waals surface area contributed by atoms with Crippen molar-refractivity contribution in [2.24, 2.45) is 7.05 Å². The molecule has 1 fully saturated rings. The van der Waals surface area contributed by atoms with E-state index in [4.69, 9.17) is 0 Å². The highest BCUT2D eigenvalue weighted by molar-refractivity contribution is 5.92. The molecule has 0 saturated carbocycles. The highest BCUT2D eigenvalue weighted by atomic mass is 19.1. The Balaban J connectivity index is 1.87. The predicted molar refractivity (Wildman–Crippen MR) is 75.5 cm³/mol. The zero-order chi connectivity index (χ0) is 14.5. The molecule has 6 heteroatoms. The molecule has 1 aromatic rings. The quantitative estimate of drug-likeness (QED) is 0.885. The number of rotatable bonds is 5. The largest absolute Gasteiger partial charge is 0.347 e. The Labute approximate surface area is 119 Å². The van der Waals surface area contributed by atoms with Gasteiger partial charge in [0.25, 0.3) is 5.91 Å². The Kier molecular flexibility index (Phi) is 5.11. The van der Waals surface area contributed by atoms with Crippen molar-refractivity contribution in [1.82, 2.24) is 20.0 Å². The molecule has 0 spiro atoms. The van der Waals surface area contributed by atoms with E-state index in [0.29, 0.717) is 12.1 Å². The summed E-state index contributed by atoms with van der Waals surface area (Å²) in [6.07, 6.45) is 2.59. The number of carbonyl (C=O) groups excluding carboxylic acids is 1. The van der Waals surface area contributed by atoms with Gasteiger partial charge in [-0.1, -0.05) is 0 Å². The van der Waals surface area contributed by atoms with Gasteiger partial charge >= 0.3 is 0 Å². The standard InChI is InChI=1S/C14H23FN4O/c1-11-9-13(17-18(11)2)14(20)16-12-5-3-7-19(10-12)8-4-6-15/h9,12H,3-8,10H2,1-2H3,(H,16,20). The number of alkyl halides is 1. The molecular weight excluding hydrogens is 259 g/mol. The number of piperidine rings is 1. The molecule has 2 rings (SSSR count). The summed E-state index contributed by atoms with van der Waals surface area (Å²) in [5.41, 5.74) is 1.43. The van der Waals surface area contributed by atoms with Gasteiger partial charge in [0.1, 0.15) is 5.69 Å². The van der Waals surface area contributed by atoms with Crippen LogP contribution in [0.15, 0.2) is 6.07 Å². The van der Waals surface area contributed by atoms with Crippen molar-refractivity contribution in [2.45, 2.75) is 32.2 Å². The second-order valence-corrected chi connectivity index (χ2v) is 5.45. The van der Waals surface area contributed by atoms with Crippen molar-refractivity contribution in [2.75, 3.05) is 26.3 Å². The number of likely N-dealkylation sites (tertiary alicyclic amines) is 1. The van der Waals surface area contributed by atoms with E-state index in [0.717, 1.165) is 38.2 Å². The van der Waals surface area contributed by atoms with Gasteiger partial charge in [0.05, 0.1) is 6.67 Å². The Hall–Kier alpha value is -1.43. The van der Waals surface area contributed by atoms with Crippen molar-refractivity contribution in [3.63, 3.8) is 0 Å². The third-order valence-electron chi connectivity index (χ3n) is 3.80. The Bertz CT molecular complexity index is 441. The van der Waals surface area contributed by atoms with E-state index in [2.05, 4.69) is 15.3 Å². The first-order valence-corrected chi connectivity index (χ1v) is 7.20. The third kappa shape index (κ3) is 3.79. The summed E-state index contributed by atoms with van der Waals surface area (Å²) >= 11 is 0. The number of nitrogens with one attached hydrogen (secondary N) is 1. The van der Waals surface area contributed by atoms with Crippen molar-refractivity contribution in [3.05, 3.63) is 17.5 Å². The maximum absolute atomic E-state index is 12.2. The molecule has 0 radical (unpaired) electrons. The smallest absolute Gasteiger partial charge is 0.272 e. The molecule has 2 heterocycles. The first kappa shape index (κ1) is 15.0. The van der Waals surface area contributed by atoms with Crippen molar-refractivity contribution >= 4 is 5.91 Å². The maximum Gasteiger partial charge on any atom is 0.272 e. The van der Waals surface area contributed by atoms with Crippen LogP contribution >= 0.6 is 0 Å². The minimum Gasteiger partial charge on any atom is -0.347 e. The van der Waals surface area contributed by atoms with Crippen LogP contribution in [-0.4, -0.2) is 52.9 Å². The molecule has 0 bridgehead atoms. The first-order valence-electron chi connectivity index (χ1n) is 7.20. The lowest BCUT2D eigenvalue weighted by atomic mass is 10.1. The number of hydrogen-bond acceptors (Lipinski definition) is 3. The van der Waals surface area contributed by atoms with Gasteiger partial charge in [0.15, 0.2) is 0 Å². The van der Waals surface area contributed by atoms with Crippen LogP contribution in [0.2, 0.25) is 0 Å². The topological polar surface area (TPSA) is 50.2 Å². The third-order valence-corrected chi connectivity index (χ3v) is 3.80. The fourth-order valence-corrected chi connectivity index (χ4v) is 2.59. The minimum absolute atomic E-state index is 0.119. The molecule has 20 heavy (non-hydrogen) atoms. The van der Waals surface area contributed by atoms with E-state index in [-0.39, 0.29) is 18.6 Å². The second-order valence-electron chi connectivity index (χ2n) is 5.45. The van der Waals surface area contributed by atoms with Crippen LogP contribution in [0.4, 0.5) is 4.39 Å². The zero-order valence-electron chi connectivity index (χ0n) is 12.2. The number of nitrogens with zero attached hydrogens (tertiary/aromatic N) is 3. The summed E-state index contributed by atoms with van der Waals surface area (Å²) in [4.78, 5) is 14.4. The Morgan fingerprint density at radius 1 is 1.60 bits per heavy atom. The molecule has 0 aromatic carbocycles. The minimum atomic E-state index is -0.277. The molecule has 112 valence electrons. The van der Waals surface area contributed by atoms with Crippen LogP contribution in [0, 0.1) is 6.92 Å². The lowest BCUT2D eigenvalue weighted by Gasteiger charge is -2.32. The average Bonchev–Trinajstić information content (AvgIpc) is 2.77. The van der Waals surface area contributed by atoms with E-state index >= 15 is 0 Å². The highest BCUT2D eigenvalue weighted by Crippen LogP contribution is 2.11. The lowest BCUT2D eigenvalue weighted by molar-refractivity contribution is 0.0896. The molecule has 1 aliphatic heterocycles. The van der Waals surface area contributed by atoms with Crippen molar-refractivity contribution in [1.29, 1.82) is 0 Å². The van der Waals surface area contributed by atoms with E-state index in [1.165, 1.54) is 0 Å². The molecule has 1 atom stereocenters.